The summed E-state index contributed by atoms with van der Waals surface area (Å²) in [5.41, 5.74) is 0.896. The molecule has 3 nitrogen and oxygen atoms in total. The number of hydrogen-bond acceptors (Lipinski definition) is 3. The SMILES string of the molecule is O=C1OC([P+](c2ccccc2)(c2ccccc2)c2ccccc2)C(O)=C1c1ccccc1. The van der Waals surface area contributed by atoms with Crippen LogP contribution in [0.2, 0.25) is 0 Å². The van der Waals surface area contributed by atoms with Crippen LogP contribution < -0.4 is 15.9 Å². The van der Waals surface area contributed by atoms with Crippen molar-refractivity contribution >= 4 is 34.7 Å². The zero-order valence-corrected chi connectivity index (χ0v) is 18.2. The number of carbonyl (C=O) groups is 1. The van der Waals surface area contributed by atoms with Crippen LogP contribution in [-0.4, -0.2) is 16.9 Å². The molecule has 4 aromatic rings. The molecular weight excluding hydrogens is 415 g/mol. The predicted octanol–water partition coefficient (Wildman–Crippen LogP) is 4.83. The van der Waals surface area contributed by atoms with E-state index in [2.05, 4.69) is 36.4 Å². The van der Waals surface area contributed by atoms with Gasteiger partial charge in [0, 0.05) is 0 Å². The van der Waals surface area contributed by atoms with E-state index >= 15 is 0 Å². The van der Waals surface area contributed by atoms with Gasteiger partial charge in [0.25, 0.3) is 5.85 Å². The molecule has 5 rings (SSSR count). The average molecular weight is 437 g/mol. The van der Waals surface area contributed by atoms with E-state index in [9.17, 15) is 9.90 Å². The molecule has 1 heterocycles. The molecule has 1 N–H and O–H groups in total. The Hall–Kier alpha value is -3.68. The van der Waals surface area contributed by atoms with Gasteiger partial charge in [-0.1, -0.05) is 84.9 Å². The molecule has 0 radical (unpaired) electrons. The van der Waals surface area contributed by atoms with Gasteiger partial charge in [0.05, 0.1) is 0 Å². The van der Waals surface area contributed by atoms with Crippen LogP contribution in [0.5, 0.6) is 0 Å². The van der Waals surface area contributed by atoms with Crippen molar-refractivity contribution in [3.8, 4) is 0 Å². The number of rotatable bonds is 5. The molecule has 0 aromatic heterocycles. The first kappa shape index (κ1) is 20.2. The van der Waals surface area contributed by atoms with E-state index in [0.717, 1.165) is 15.9 Å². The first-order valence-electron chi connectivity index (χ1n) is 10.5. The Labute approximate surface area is 188 Å². The second-order valence-electron chi connectivity index (χ2n) is 7.61. The molecule has 0 amide bonds. The number of ether oxygens (including phenoxy) is 1. The summed E-state index contributed by atoms with van der Waals surface area (Å²) in [6.45, 7) is 0. The molecule has 4 aromatic carbocycles. The second-order valence-corrected chi connectivity index (χ2v) is 11.1. The Morgan fingerprint density at radius 2 is 0.969 bits per heavy atom. The van der Waals surface area contributed by atoms with E-state index in [4.69, 9.17) is 4.74 Å². The van der Waals surface area contributed by atoms with Gasteiger partial charge in [0.2, 0.25) is 0 Å². The molecule has 1 aliphatic heterocycles. The molecule has 4 heteroatoms. The summed E-state index contributed by atoms with van der Waals surface area (Å²) in [4.78, 5) is 13.1. The highest BCUT2D eigenvalue weighted by Gasteiger charge is 2.60. The van der Waals surface area contributed by atoms with Gasteiger partial charge in [0.1, 0.15) is 21.5 Å². The summed E-state index contributed by atoms with van der Waals surface area (Å²) >= 11 is 0. The molecule has 32 heavy (non-hydrogen) atoms. The van der Waals surface area contributed by atoms with Gasteiger partial charge < -0.3 is 9.84 Å². The third kappa shape index (κ3) is 3.23. The van der Waals surface area contributed by atoms with Crippen molar-refractivity contribution in [2.75, 3.05) is 0 Å². The molecular formula is C28H22O3P+. The topological polar surface area (TPSA) is 46.5 Å². The summed E-state index contributed by atoms with van der Waals surface area (Å²) in [7, 11) is -2.60. The lowest BCUT2D eigenvalue weighted by molar-refractivity contribution is -0.135. The van der Waals surface area contributed by atoms with E-state index in [1.807, 2.05) is 84.9 Å². The first-order chi connectivity index (χ1) is 15.7. The Balaban J connectivity index is 1.84. The van der Waals surface area contributed by atoms with Gasteiger partial charge in [0.15, 0.2) is 13.0 Å². The molecule has 1 atom stereocenters. The van der Waals surface area contributed by atoms with Crippen LogP contribution in [0.25, 0.3) is 5.57 Å². The molecule has 0 saturated carbocycles. The van der Waals surface area contributed by atoms with Gasteiger partial charge in [-0.25, -0.2) is 4.79 Å². The zero-order valence-electron chi connectivity index (χ0n) is 17.3. The summed E-state index contributed by atoms with van der Waals surface area (Å²) in [6.07, 6.45) is 0. The molecule has 0 spiro atoms. The lowest BCUT2D eigenvalue weighted by atomic mass is 10.1. The number of carbonyl (C=O) groups excluding carboxylic acids is 1. The molecule has 1 unspecified atom stereocenters. The largest absolute Gasteiger partial charge is 0.504 e. The molecule has 0 fully saturated rings. The average Bonchev–Trinajstić information content (AvgIpc) is 3.16. The quantitative estimate of drug-likeness (QED) is 0.359. The van der Waals surface area contributed by atoms with Gasteiger partial charge in [-0.05, 0) is 42.0 Å². The number of aliphatic hydroxyl groups is 1. The number of benzene rings is 4. The van der Waals surface area contributed by atoms with Crippen molar-refractivity contribution in [2.24, 2.45) is 0 Å². The van der Waals surface area contributed by atoms with Gasteiger partial charge >= 0.3 is 5.97 Å². The van der Waals surface area contributed by atoms with Crippen LogP contribution in [0.4, 0.5) is 0 Å². The highest BCUT2D eigenvalue weighted by Crippen LogP contribution is 2.63. The van der Waals surface area contributed by atoms with Crippen molar-refractivity contribution in [3.05, 3.63) is 133 Å². The zero-order chi connectivity index (χ0) is 22.0. The number of esters is 1. The van der Waals surface area contributed by atoms with E-state index < -0.39 is 19.1 Å². The Morgan fingerprint density at radius 1 is 0.594 bits per heavy atom. The summed E-state index contributed by atoms with van der Waals surface area (Å²) in [6, 6.07) is 39.5. The second kappa shape index (κ2) is 8.45. The van der Waals surface area contributed by atoms with Crippen LogP contribution in [-0.2, 0) is 9.53 Å². The van der Waals surface area contributed by atoms with E-state index in [0.29, 0.717) is 5.56 Å². The first-order valence-corrected chi connectivity index (χ1v) is 12.3. The third-order valence-corrected chi connectivity index (χ3v) is 10.2. The minimum absolute atomic E-state index is 0.00825. The van der Waals surface area contributed by atoms with Crippen molar-refractivity contribution in [2.45, 2.75) is 5.85 Å². The summed E-state index contributed by atoms with van der Waals surface area (Å²) in [5, 5.41) is 14.7. The van der Waals surface area contributed by atoms with Crippen molar-refractivity contribution in [3.63, 3.8) is 0 Å². The summed E-state index contributed by atoms with van der Waals surface area (Å²) in [5.74, 6) is -1.31. The maximum Gasteiger partial charge on any atom is 0.346 e. The minimum Gasteiger partial charge on any atom is -0.504 e. The maximum atomic E-state index is 13.1. The minimum atomic E-state index is -2.60. The fourth-order valence-corrected chi connectivity index (χ4v) is 8.80. The van der Waals surface area contributed by atoms with Crippen molar-refractivity contribution < 1.29 is 14.6 Å². The maximum absolute atomic E-state index is 13.1. The molecule has 156 valence electrons. The molecule has 1 aliphatic rings. The Bertz CT molecular complexity index is 1160. The lowest BCUT2D eigenvalue weighted by Crippen LogP contribution is -2.40. The summed E-state index contributed by atoms with van der Waals surface area (Å²) < 4.78 is 6.06. The lowest BCUT2D eigenvalue weighted by Gasteiger charge is -2.31. The Morgan fingerprint density at radius 3 is 1.38 bits per heavy atom. The monoisotopic (exact) mass is 437 g/mol. The van der Waals surface area contributed by atoms with Gasteiger partial charge in [-0.2, -0.15) is 0 Å². The highest BCUT2D eigenvalue weighted by molar-refractivity contribution is 7.96. The fraction of sp³-hybridized carbons (Fsp3) is 0.0357. The fourth-order valence-electron chi connectivity index (χ4n) is 4.42. The highest BCUT2D eigenvalue weighted by atomic mass is 31.2. The van der Waals surface area contributed by atoms with Gasteiger partial charge in [-0.15, -0.1) is 0 Å². The van der Waals surface area contributed by atoms with E-state index in [1.54, 1.807) is 0 Å². The Kier molecular flexibility index (Phi) is 5.34. The van der Waals surface area contributed by atoms with Gasteiger partial charge in [-0.3, -0.25) is 0 Å². The predicted molar refractivity (Wildman–Crippen MR) is 131 cm³/mol. The van der Waals surface area contributed by atoms with Crippen LogP contribution >= 0.6 is 7.26 Å². The van der Waals surface area contributed by atoms with Crippen LogP contribution in [0, 0.1) is 0 Å². The van der Waals surface area contributed by atoms with Crippen molar-refractivity contribution in [1.29, 1.82) is 0 Å². The third-order valence-electron chi connectivity index (χ3n) is 5.82. The molecule has 0 aliphatic carbocycles. The number of aliphatic hydroxyl groups excluding tert-OH is 1. The van der Waals surface area contributed by atoms with E-state index in [-0.39, 0.29) is 11.3 Å². The number of cyclic esters (lactones) is 1. The van der Waals surface area contributed by atoms with Crippen LogP contribution in [0.3, 0.4) is 0 Å². The van der Waals surface area contributed by atoms with Crippen LogP contribution in [0.15, 0.2) is 127 Å². The molecule has 0 saturated heterocycles. The standard InChI is InChI=1S/C28H21O3P/c29-26-25(21-13-5-1-6-14-21)27(30)31-28(26)32(22-15-7-2-8-16-22,23-17-9-3-10-18-23)24-19-11-4-12-20-24/h1-20,28H/p+1. The van der Waals surface area contributed by atoms with Crippen molar-refractivity contribution in [1.82, 2.24) is 0 Å². The van der Waals surface area contributed by atoms with E-state index in [1.165, 1.54) is 0 Å². The van der Waals surface area contributed by atoms with Crippen LogP contribution in [0.1, 0.15) is 5.56 Å². The molecule has 0 bridgehead atoms. The number of hydrogen-bond donors (Lipinski definition) is 1. The normalized spacial score (nSPS) is 16.1. The smallest absolute Gasteiger partial charge is 0.346 e.